The Morgan fingerprint density at radius 2 is 1.11 bits per heavy atom. The molecule has 2 aliphatic heterocycles. The molecule has 0 radical (unpaired) electrons. The van der Waals surface area contributed by atoms with E-state index in [0.717, 1.165) is 30.4 Å². The third kappa shape index (κ3) is 2.63. The maximum Gasteiger partial charge on any atom is 0.317 e. The number of hydrogen-bond donors (Lipinski definition) is 4. The minimum absolute atomic E-state index is 0.0728. The SMILES string of the molecule is O=C1N[C@H](c2ccccc2)[C@H]2CCC[C@H]3[C@@H](c4ccccc4)NC(=O)NC23N1. The van der Waals surface area contributed by atoms with E-state index in [1.54, 1.807) is 0 Å². The average Bonchev–Trinajstić information content (AvgIpc) is 2.72. The van der Waals surface area contributed by atoms with Crippen LogP contribution in [0.5, 0.6) is 0 Å². The normalized spacial score (nSPS) is 34.0. The van der Waals surface area contributed by atoms with E-state index in [9.17, 15) is 9.59 Å². The number of benzene rings is 2. The Bertz CT molecular complexity index is 812. The van der Waals surface area contributed by atoms with Crippen LogP contribution in [0.3, 0.4) is 0 Å². The van der Waals surface area contributed by atoms with E-state index in [0.29, 0.717) is 0 Å². The van der Waals surface area contributed by atoms with E-state index < -0.39 is 5.66 Å². The van der Waals surface area contributed by atoms with E-state index in [1.165, 1.54) is 0 Å². The van der Waals surface area contributed by atoms with Crippen LogP contribution in [0, 0.1) is 11.8 Å². The van der Waals surface area contributed by atoms with Crippen LogP contribution in [-0.4, -0.2) is 17.7 Å². The molecule has 3 aliphatic rings. The molecule has 4 N–H and O–H groups in total. The molecule has 5 atom stereocenters. The molecule has 6 heteroatoms. The molecule has 1 spiro atoms. The van der Waals surface area contributed by atoms with Gasteiger partial charge >= 0.3 is 12.1 Å². The highest BCUT2D eigenvalue weighted by molar-refractivity contribution is 5.81. The predicted octanol–water partition coefficient (Wildman–Crippen LogP) is 3.21. The summed E-state index contributed by atoms with van der Waals surface area (Å²) < 4.78 is 0. The number of rotatable bonds is 2. The first kappa shape index (κ1) is 17.1. The average molecular weight is 376 g/mol. The van der Waals surface area contributed by atoms with Crippen molar-refractivity contribution in [2.75, 3.05) is 0 Å². The van der Waals surface area contributed by atoms with Crippen molar-refractivity contribution in [2.45, 2.75) is 37.0 Å². The van der Waals surface area contributed by atoms with Gasteiger partial charge in [-0.05, 0) is 24.0 Å². The molecule has 1 unspecified atom stereocenters. The molecule has 3 fully saturated rings. The van der Waals surface area contributed by atoms with Gasteiger partial charge in [-0.25, -0.2) is 9.59 Å². The molecule has 2 aromatic rings. The zero-order valence-corrected chi connectivity index (χ0v) is 15.5. The largest absolute Gasteiger partial charge is 0.331 e. The monoisotopic (exact) mass is 376 g/mol. The van der Waals surface area contributed by atoms with Gasteiger partial charge in [0.2, 0.25) is 0 Å². The van der Waals surface area contributed by atoms with Gasteiger partial charge in [-0.1, -0.05) is 67.1 Å². The first-order chi connectivity index (χ1) is 13.7. The van der Waals surface area contributed by atoms with Crippen LogP contribution in [0.15, 0.2) is 60.7 Å². The maximum atomic E-state index is 12.7. The Labute approximate surface area is 164 Å². The van der Waals surface area contributed by atoms with Gasteiger partial charge < -0.3 is 21.3 Å². The van der Waals surface area contributed by atoms with Crippen LogP contribution in [-0.2, 0) is 0 Å². The van der Waals surface area contributed by atoms with E-state index >= 15 is 0 Å². The third-order valence-electron chi connectivity index (χ3n) is 6.54. The summed E-state index contributed by atoms with van der Waals surface area (Å²) in [5, 5.41) is 12.5. The van der Waals surface area contributed by atoms with Gasteiger partial charge in [0, 0.05) is 11.8 Å². The molecule has 1 saturated carbocycles. The van der Waals surface area contributed by atoms with Gasteiger partial charge in [-0.15, -0.1) is 0 Å². The maximum absolute atomic E-state index is 12.7. The molecule has 144 valence electrons. The van der Waals surface area contributed by atoms with Crippen molar-refractivity contribution >= 4 is 12.1 Å². The summed E-state index contributed by atoms with van der Waals surface area (Å²) in [5.74, 6) is 0.146. The fourth-order valence-electron chi connectivity index (χ4n) is 5.43. The Morgan fingerprint density at radius 3 is 1.54 bits per heavy atom. The molecule has 4 amide bonds. The lowest BCUT2D eigenvalue weighted by Crippen LogP contribution is -2.80. The molecular formula is C22H24N4O2. The Kier molecular flexibility index (Phi) is 4.00. The standard InChI is InChI=1S/C22H24N4O2/c27-20-23-18(14-8-3-1-4-9-14)16-12-7-13-17-19(15-10-5-2-6-11-15)24-21(28)26-22(16,17)25-20/h1-6,8-11,16-19H,7,12-13H2,(H2,23,25,27)(H2,24,26,28)/t16-,17+,18-,19-,22?/m1/s1. The summed E-state index contributed by atoms with van der Waals surface area (Å²) in [5.41, 5.74) is 1.39. The van der Waals surface area contributed by atoms with Crippen molar-refractivity contribution in [1.29, 1.82) is 0 Å². The summed E-state index contributed by atoms with van der Waals surface area (Å²) in [6.45, 7) is 0. The third-order valence-corrected chi connectivity index (χ3v) is 6.54. The number of hydrogen-bond acceptors (Lipinski definition) is 2. The number of urea groups is 2. The topological polar surface area (TPSA) is 82.3 Å². The zero-order chi connectivity index (χ0) is 19.1. The second-order valence-corrected chi connectivity index (χ2v) is 7.99. The van der Waals surface area contributed by atoms with Crippen LogP contribution in [0.1, 0.15) is 42.5 Å². The molecule has 6 nitrogen and oxygen atoms in total. The minimum Gasteiger partial charge on any atom is -0.331 e. The lowest BCUT2D eigenvalue weighted by Gasteiger charge is -2.59. The van der Waals surface area contributed by atoms with Crippen molar-refractivity contribution < 1.29 is 9.59 Å². The van der Waals surface area contributed by atoms with E-state index in [1.807, 2.05) is 60.7 Å². The Balaban J connectivity index is 1.59. The predicted molar refractivity (Wildman–Crippen MR) is 105 cm³/mol. The van der Waals surface area contributed by atoms with E-state index in [4.69, 9.17) is 0 Å². The zero-order valence-electron chi connectivity index (χ0n) is 15.5. The first-order valence-electron chi connectivity index (χ1n) is 9.94. The molecule has 0 aromatic heterocycles. The van der Waals surface area contributed by atoms with Crippen molar-refractivity contribution in [3.05, 3.63) is 71.8 Å². The van der Waals surface area contributed by atoms with Crippen LogP contribution in [0.4, 0.5) is 9.59 Å². The van der Waals surface area contributed by atoms with Gasteiger partial charge in [0.15, 0.2) is 0 Å². The van der Waals surface area contributed by atoms with Gasteiger partial charge in [-0.2, -0.15) is 0 Å². The van der Waals surface area contributed by atoms with Crippen molar-refractivity contribution in [1.82, 2.24) is 21.3 Å². The fraction of sp³-hybridized carbons (Fsp3) is 0.364. The van der Waals surface area contributed by atoms with Gasteiger partial charge in [0.1, 0.15) is 5.66 Å². The second-order valence-electron chi connectivity index (χ2n) is 7.99. The van der Waals surface area contributed by atoms with Gasteiger partial charge in [0.05, 0.1) is 12.1 Å². The highest BCUT2D eigenvalue weighted by atomic mass is 16.2. The molecule has 1 aliphatic carbocycles. The first-order valence-corrected chi connectivity index (χ1v) is 9.94. The van der Waals surface area contributed by atoms with Crippen LogP contribution in [0.2, 0.25) is 0 Å². The van der Waals surface area contributed by atoms with Crippen molar-refractivity contribution in [2.24, 2.45) is 11.8 Å². The molecular weight excluding hydrogens is 352 g/mol. The summed E-state index contributed by atoms with van der Waals surface area (Å²) in [7, 11) is 0. The highest BCUT2D eigenvalue weighted by Crippen LogP contribution is 2.50. The smallest absolute Gasteiger partial charge is 0.317 e. The molecule has 0 bridgehead atoms. The number of carbonyl (C=O) groups excluding carboxylic acids is 2. The fourth-order valence-corrected chi connectivity index (χ4v) is 5.43. The van der Waals surface area contributed by atoms with Crippen LogP contribution in [0.25, 0.3) is 0 Å². The summed E-state index contributed by atoms with van der Waals surface area (Å²) in [4.78, 5) is 25.4. The van der Waals surface area contributed by atoms with Crippen molar-refractivity contribution in [3.63, 3.8) is 0 Å². The van der Waals surface area contributed by atoms with E-state index in [2.05, 4.69) is 21.3 Å². The molecule has 5 rings (SSSR count). The second kappa shape index (κ2) is 6.55. The number of amides is 4. The van der Waals surface area contributed by atoms with Crippen LogP contribution >= 0.6 is 0 Å². The lowest BCUT2D eigenvalue weighted by molar-refractivity contribution is -0.0123. The molecule has 2 saturated heterocycles. The minimum atomic E-state index is -0.760. The Morgan fingerprint density at radius 1 is 0.679 bits per heavy atom. The number of nitrogens with one attached hydrogen (secondary N) is 4. The van der Waals surface area contributed by atoms with Crippen molar-refractivity contribution in [3.8, 4) is 0 Å². The quantitative estimate of drug-likeness (QED) is 0.649. The summed E-state index contributed by atoms with van der Waals surface area (Å²) in [6.07, 6.45) is 2.93. The molecule has 2 heterocycles. The molecule has 2 aromatic carbocycles. The van der Waals surface area contributed by atoms with E-state index in [-0.39, 0.29) is 36.0 Å². The van der Waals surface area contributed by atoms with Gasteiger partial charge in [0.25, 0.3) is 0 Å². The summed E-state index contributed by atoms with van der Waals surface area (Å²) in [6, 6.07) is 19.4. The van der Waals surface area contributed by atoms with Crippen LogP contribution < -0.4 is 21.3 Å². The lowest BCUT2D eigenvalue weighted by atomic mass is 9.62. The highest BCUT2D eigenvalue weighted by Gasteiger charge is 2.60. The summed E-state index contributed by atoms with van der Waals surface area (Å²) >= 11 is 0. The number of carbonyl (C=O) groups is 2. The Hall–Kier alpha value is -3.02. The molecule has 28 heavy (non-hydrogen) atoms. The van der Waals surface area contributed by atoms with Gasteiger partial charge in [-0.3, -0.25) is 0 Å².